The lowest BCUT2D eigenvalue weighted by Crippen LogP contribution is -2.49. The van der Waals surface area contributed by atoms with Crippen LogP contribution in [0.4, 0.5) is 0 Å². The first-order valence-corrected chi connectivity index (χ1v) is 9.63. The van der Waals surface area contributed by atoms with Gasteiger partial charge in [0.25, 0.3) is 0 Å². The van der Waals surface area contributed by atoms with Crippen molar-refractivity contribution in [3.05, 3.63) is 35.9 Å². The molecule has 0 spiro atoms. The summed E-state index contributed by atoms with van der Waals surface area (Å²) in [6.45, 7) is 7.66. The van der Waals surface area contributed by atoms with Gasteiger partial charge in [-0.05, 0) is 38.3 Å². The van der Waals surface area contributed by atoms with E-state index in [1.165, 1.54) is 31.4 Å². The Kier molecular flexibility index (Phi) is 9.37. The lowest BCUT2D eigenvalue weighted by atomic mass is 10.0. The maximum absolute atomic E-state index is 5.37. The Morgan fingerprint density at radius 3 is 2.84 bits per heavy atom. The standard InChI is InChI=1S/C20H34N4O/c1-3-25-15-9-13-22-20(21-2)23-16-19-12-7-8-14-24(19)17-18-10-5-4-6-11-18/h4-6,10-11,19H,3,7-9,12-17H2,1-2H3,(H2,21,22,23). The maximum Gasteiger partial charge on any atom is 0.191 e. The van der Waals surface area contributed by atoms with Crippen LogP contribution in [0.15, 0.2) is 35.3 Å². The van der Waals surface area contributed by atoms with E-state index in [0.29, 0.717) is 6.04 Å². The Morgan fingerprint density at radius 1 is 1.24 bits per heavy atom. The van der Waals surface area contributed by atoms with Crippen LogP contribution in [-0.4, -0.2) is 56.8 Å². The van der Waals surface area contributed by atoms with Gasteiger partial charge in [0, 0.05) is 45.9 Å². The SMILES string of the molecule is CCOCCCNC(=NC)NCC1CCCCN1Cc1ccccc1. The molecule has 2 N–H and O–H groups in total. The van der Waals surface area contributed by atoms with Crippen LogP contribution in [0.3, 0.4) is 0 Å². The van der Waals surface area contributed by atoms with E-state index in [1.54, 1.807) is 0 Å². The molecule has 1 fully saturated rings. The summed E-state index contributed by atoms with van der Waals surface area (Å²) in [5.41, 5.74) is 1.40. The smallest absolute Gasteiger partial charge is 0.191 e. The third kappa shape index (κ3) is 7.45. The van der Waals surface area contributed by atoms with Crippen LogP contribution in [0.5, 0.6) is 0 Å². The fraction of sp³-hybridized carbons (Fsp3) is 0.650. The summed E-state index contributed by atoms with van der Waals surface area (Å²) in [6.07, 6.45) is 4.87. The number of guanidine groups is 1. The number of nitrogens with zero attached hydrogens (tertiary/aromatic N) is 2. The molecule has 1 aromatic carbocycles. The molecule has 5 heteroatoms. The summed E-state index contributed by atoms with van der Waals surface area (Å²) in [7, 11) is 1.83. The average Bonchev–Trinajstić information content (AvgIpc) is 2.66. The molecule has 1 heterocycles. The van der Waals surface area contributed by atoms with Crippen LogP contribution < -0.4 is 10.6 Å². The van der Waals surface area contributed by atoms with Crippen LogP contribution in [0.1, 0.15) is 38.2 Å². The van der Waals surface area contributed by atoms with Crippen molar-refractivity contribution >= 4 is 5.96 Å². The predicted molar refractivity (Wildman–Crippen MR) is 105 cm³/mol. The van der Waals surface area contributed by atoms with Crippen LogP contribution >= 0.6 is 0 Å². The first-order chi connectivity index (χ1) is 12.3. The Balaban J connectivity index is 1.76. The zero-order chi connectivity index (χ0) is 17.7. The lowest BCUT2D eigenvalue weighted by molar-refractivity contribution is 0.141. The largest absolute Gasteiger partial charge is 0.382 e. The normalized spacial score (nSPS) is 19.0. The van der Waals surface area contributed by atoms with Gasteiger partial charge in [0.1, 0.15) is 0 Å². The van der Waals surface area contributed by atoms with Gasteiger partial charge in [0.2, 0.25) is 0 Å². The van der Waals surface area contributed by atoms with Crippen molar-refractivity contribution in [3.63, 3.8) is 0 Å². The minimum Gasteiger partial charge on any atom is -0.382 e. The Bertz CT molecular complexity index is 492. The summed E-state index contributed by atoms with van der Waals surface area (Å²) in [4.78, 5) is 6.94. The number of piperidine rings is 1. The molecule has 0 bridgehead atoms. The van der Waals surface area contributed by atoms with Gasteiger partial charge in [-0.1, -0.05) is 36.8 Å². The minimum absolute atomic E-state index is 0.566. The second kappa shape index (κ2) is 11.9. The van der Waals surface area contributed by atoms with Crippen molar-refractivity contribution in [3.8, 4) is 0 Å². The molecular weight excluding hydrogens is 312 g/mol. The summed E-state index contributed by atoms with van der Waals surface area (Å²) in [6, 6.07) is 11.3. The third-order valence-electron chi connectivity index (χ3n) is 4.67. The van der Waals surface area contributed by atoms with Crippen molar-refractivity contribution in [1.29, 1.82) is 0 Å². The first kappa shape index (κ1) is 19.7. The molecule has 1 aromatic rings. The fourth-order valence-electron chi connectivity index (χ4n) is 3.28. The van der Waals surface area contributed by atoms with Crippen molar-refractivity contribution in [1.82, 2.24) is 15.5 Å². The summed E-state index contributed by atoms with van der Waals surface area (Å²) >= 11 is 0. The Morgan fingerprint density at radius 2 is 2.08 bits per heavy atom. The number of nitrogens with one attached hydrogen (secondary N) is 2. The first-order valence-electron chi connectivity index (χ1n) is 9.63. The highest BCUT2D eigenvalue weighted by Crippen LogP contribution is 2.19. The van der Waals surface area contributed by atoms with Crippen molar-refractivity contribution in [2.45, 2.75) is 45.2 Å². The summed E-state index contributed by atoms with van der Waals surface area (Å²) in [5, 5.41) is 6.88. The quantitative estimate of drug-likeness (QED) is 0.410. The molecule has 0 aromatic heterocycles. The van der Waals surface area contributed by atoms with Crippen molar-refractivity contribution in [2.75, 3.05) is 39.9 Å². The van der Waals surface area contributed by atoms with E-state index in [-0.39, 0.29) is 0 Å². The molecule has 1 atom stereocenters. The van der Waals surface area contributed by atoms with E-state index in [0.717, 1.165) is 45.2 Å². The number of benzene rings is 1. The molecular formula is C20H34N4O. The average molecular weight is 347 g/mol. The number of hydrogen-bond acceptors (Lipinski definition) is 3. The van der Waals surface area contributed by atoms with E-state index >= 15 is 0 Å². The molecule has 25 heavy (non-hydrogen) atoms. The van der Waals surface area contributed by atoms with Crippen LogP contribution in [0, 0.1) is 0 Å². The van der Waals surface area contributed by atoms with E-state index in [9.17, 15) is 0 Å². The number of aliphatic imine (C=N–C) groups is 1. The van der Waals surface area contributed by atoms with Crippen molar-refractivity contribution < 1.29 is 4.74 Å². The van der Waals surface area contributed by atoms with Crippen LogP contribution in [-0.2, 0) is 11.3 Å². The fourth-order valence-corrected chi connectivity index (χ4v) is 3.28. The molecule has 1 saturated heterocycles. The predicted octanol–water partition coefficient (Wildman–Crippen LogP) is 2.63. The molecule has 2 rings (SSSR count). The van der Waals surface area contributed by atoms with Gasteiger partial charge in [-0.3, -0.25) is 9.89 Å². The van der Waals surface area contributed by atoms with Gasteiger partial charge in [-0.25, -0.2) is 0 Å². The molecule has 1 aliphatic heterocycles. The molecule has 0 aliphatic carbocycles. The monoisotopic (exact) mass is 346 g/mol. The van der Waals surface area contributed by atoms with Gasteiger partial charge in [-0.2, -0.15) is 0 Å². The highest BCUT2D eigenvalue weighted by molar-refractivity contribution is 5.79. The highest BCUT2D eigenvalue weighted by atomic mass is 16.5. The summed E-state index contributed by atoms with van der Waals surface area (Å²) in [5.74, 6) is 0.890. The second-order valence-corrected chi connectivity index (χ2v) is 6.54. The molecule has 0 radical (unpaired) electrons. The molecule has 140 valence electrons. The lowest BCUT2D eigenvalue weighted by Gasteiger charge is -2.36. The van der Waals surface area contributed by atoms with Gasteiger partial charge in [0.05, 0.1) is 0 Å². The minimum atomic E-state index is 0.566. The van der Waals surface area contributed by atoms with E-state index < -0.39 is 0 Å². The number of rotatable bonds is 9. The topological polar surface area (TPSA) is 48.9 Å². The molecule has 1 unspecified atom stereocenters. The number of likely N-dealkylation sites (tertiary alicyclic amines) is 1. The number of hydrogen-bond donors (Lipinski definition) is 2. The van der Waals surface area contributed by atoms with Crippen LogP contribution in [0.2, 0.25) is 0 Å². The molecule has 1 aliphatic rings. The maximum atomic E-state index is 5.37. The third-order valence-corrected chi connectivity index (χ3v) is 4.67. The molecule has 5 nitrogen and oxygen atoms in total. The Hall–Kier alpha value is -1.59. The van der Waals surface area contributed by atoms with Gasteiger partial charge >= 0.3 is 0 Å². The zero-order valence-electron chi connectivity index (χ0n) is 15.8. The second-order valence-electron chi connectivity index (χ2n) is 6.54. The van der Waals surface area contributed by atoms with Gasteiger partial charge in [0.15, 0.2) is 5.96 Å². The van der Waals surface area contributed by atoms with Gasteiger partial charge < -0.3 is 15.4 Å². The van der Waals surface area contributed by atoms with E-state index in [1.807, 2.05) is 14.0 Å². The zero-order valence-corrected chi connectivity index (χ0v) is 15.8. The highest BCUT2D eigenvalue weighted by Gasteiger charge is 2.22. The van der Waals surface area contributed by atoms with E-state index in [4.69, 9.17) is 4.74 Å². The van der Waals surface area contributed by atoms with Crippen molar-refractivity contribution in [2.24, 2.45) is 4.99 Å². The van der Waals surface area contributed by atoms with E-state index in [2.05, 4.69) is 50.9 Å². The number of ether oxygens (including phenoxy) is 1. The molecule has 0 amide bonds. The Labute approximate surface area is 152 Å². The van der Waals surface area contributed by atoms with Gasteiger partial charge in [-0.15, -0.1) is 0 Å². The van der Waals surface area contributed by atoms with Crippen LogP contribution in [0.25, 0.3) is 0 Å². The summed E-state index contributed by atoms with van der Waals surface area (Å²) < 4.78 is 5.37. The molecule has 0 saturated carbocycles.